The van der Waals surface area contributed by atoms with Gasteiger partial charge in [0, 0.05) is 35.4 Å². The molecule has 0 saturated carbocycles. The van der Waals surface area contributed by atoms with E-state index in [4.69, 9.17) is 8.83 Å². The molecule has 32 heavy (non-hydrogen) atoms. The molecule has 2 heterocycles. The number of rotatable bonds is 5. The number of hydrogen-bond donors (Lipinski definition) is 2. The van der Waals surface area contributed by atoms with Gasteiger partial charge in [0.1, 0.15) is 16.9 Å². The van der Waals surface area contributed by atoms with Crippen molar-refractivity contribution in [2.75, 3.05) is 6.54 Å². The van der Waals surface area contributed by atoms with Crippen molar-refractivity contribution in [1.29, 1.82) is 0 Å². The third-order valence-electron chi connectivity index (χ3n) is 6.38. The number of nitrogens with one attached hydrogen (secondary N) is 1. The molecule has 1 aliphatic carbocycles. The molecule has 4 aromatic rings. The molecule has 0 radical (unpaired) electrons. The maximum absolute atomic E-state index is 12.7. The lowest BCUT2D eigenvalue weighted by Gasteiger charge is -2.13. The minimum Gasteiger partial charge on any atom is -0.461 e. The quantitative estimate of drug-likeness (QED) is 0.464. The fourth-order valence-corrected chi connectivity index (χ4v) is 4.58. The van der Waals surface area contributed by atoms with E-state index in [1.807, 2.05) is 31.2 Å². The molecule has 0 spiro atoms. The fourth-order valence-electron chi connectivity index (χ4n) is 4.58. The Bertz CT molecular complexity index is 1370. The van der Waals surface area contributed by atoms with E-state index in [0.717, 1.165) is 58.9 Å². The third-order valence-corrected chi connectivity index (χ3v) is 6.38. The number of carbonyl (C=O) groups is 1. The number of hydrogen-bond acceptors (Lipinski definition) is 5. The van der Waals surface area contributed by atoms with Gasteiger partial charge in [-0.3, -0.25) is 4.79 Å². The number of aryl methyl sites for hydroxylation is 3. The highest BCUT2D eigenvalue weighted by atomic mass is 16.4. The predicted octanol–water partition coefficient (Wildman–Crippen LogP) is 4.12. The molecule has 2 aromatic carbocycles. The lowest BCUT2D eigenvalue weighted by Crippen LogP contribution is -2.31. The van der Waals surface area contributed by atoms with Crippen molar-refractivity contribution in [3.8, 4) is 0 Å². The molecule has 2 aromatic heterocycles. The summed E-state index contributed by atoms with van der Waals surface area (Å²) in [6, 6.07) is 12.9. The summed E-state index contributed by atoms with van der Waals surface area (Å²) in [6.07, 6.45) is 3.27. The van der Waals surface area contributed by atoms with Crippen LogP contribution in [0.1, 0.15) is 47.0 Å². The minimum absolute atomic E-state index is 0.0720. The van der Waals surface area contributed by atoms with Gasteiger partial charge < -0.3 is 19.3 Å². The van der Waals surface area contributed by atoms with E-state index in [1.165, 1.54) is 5.56 Å². The van der Waals surface area contributed by atoms with Crippen LogP contribution in [-0.2, 0) is 24.1 Å². The van der Waals surface area contributed by atoms with Crippen molar-refractivity contribution in [2.24, 2.45) is 0 Å². The Morgan fingerprint density at radius 3 is 2.62 bits per heavy atom. The van der Waals surface area contributed by atoms with Crippen LogP contribution in [0.4, 0.5) is 0 Å². The molecule has 6 heteroatoms. The van der Waals surface area contributed by atoms with Crippen molar-refractivity contribution in [3.05, 3.63) is 80.9 Å². The van der Waals surface area contributed by atoms with Crippen LogP contribution in [-0.4, -0.2) is 17.6 Å². The van der Waals surface area contributed by atoms with Crippen molar-refractivity contribution in [1.82, 2.24) is 5.32 Å². The number of furan rings is 1. The third kappa shape index (κ3) is 3.71. The van der Waals surface area contributed by atoms with Crippen LogP contribution < -0.4 is 10.9 Å². The van der Waals surface area contributed by atoms with Crippen LogP contribution in [0.5, 0.6) is 0 Å². The highest BCUT2D eigenvalue weighted by Gasteiger charge is 2.21. The first kappa shape index (κ1) is 20.5. The lowest BCUT2D eigenvalue weighted by atomic mass is 9.94. The number of aliphatic hydroxyl groups is 1. The highest BCUT2D eigenvalue weighted by Crippen LogP contribution is 2.35. The van der Waals surface area contributed by atoms with Crippen molar-refractivity contribution >= 4 is 27.8 Å². The van der Waals surface area contributed by atoms with Crippen LogP contribution in [0, 0.1) is 6.92 Å². The van der Waals surface area contributed by atoms with Gasteiger partial charge in [0.2, 0.25) is 5.91 Å². The Morgan fingerprint density at radius 2 is 1.81 bits per heavy atom. The maximum Gasteiger partial charge on any atom is 0.340 e. The van der Waals surface area contributed by atoms with Gasteiger partial charge in [0.05, 0.1) is 18.1 Å². The lowest BCUT2D eigenvalue weighted by molar-refractivity contribution is -0.120. The largest absolute Gasteiger partial charge is 0.461 e. The fraction of sp³-hybridized carbons (Fsp3) is 0.308. The number of carbonyl (C=O) groups excluding carboxylic acids is 1. The van der Waals surface area contributed by atoms with Crippen LogP contribution in [0.15, 0.2) is 56.1 Å². The normalized spacial score (nSPS) is 14.4. The standard InChI is InChI=1S/C26H25NO5/c1-15-18-11-20-17-9-5-6-10-22(17)31-24(20)13-23(18)32-26(30)19(15)12-25(29)27-14-21(28)16-7-3-2-4-8-16/h2-4,7-8,11,13,21,28H,5-6,9-10,12,14H2,1H3,(H,27,29)/t21-/m0/s1. The Hall–Kier alpha value is -3.38. The number of amides is 1. The van der Waals surface area contributed by atoms with E-state index >= 15 is 0 Å². The van der Waals surface area contributed by atoms with Gasteiger partial charge in [0.15, 0.2) is 0 Å². The van der Waals surface area contributed by atoms with Gasteiger partial charge in [-0.25, -0.2) is 4.79 Å². The van der Waals surface area contributed by atoms with E-state index in [9.17, 15) is 14.7 Å². The van der Waals surface area contributed by atoms with Gasteiger partial charge in [-0.2, -0.15) is 0 Å². The highest BCUT2D eigenvalue weighted by molar-refractivity contribution is 5.97. The molecule has 6 nitrogen and oxygen atoms in total. The molecule has 164 valence electrons. The zero-order valence-electron chi connectivity index (χ0n) is 17.9. The summed E-state index contributed by atoms with van der Waals surface area (Å²) in [7, 11) is 0. The monoisotopic (exact) mass is 431 g/mol. The SMILES string of the molecule is Cc1c(CC(=O)NC[C@H](O)c2ccccc2)c(=O)oc2cc3oc4c(c3cc12)CCCC4. The molecule has 1 atom stereocenters. The van der Waals surface area contributed by atoms with E-state index in [-0.39, 0.29) is 18.9 Å². The molecule has 0 bridgehead atoms. The van der Waals surface area contributed by atoms with Crippen LogP contribution in [0.2, 0.25) is 0 Å². The van der Waals surface area contributed by atoms with Crippen molar-refractivity contribution < 1.29 is 18.7 Å². The Kier molecular flexibility index (Phi) is 5.31. The zero-order chi connectivity index (χ0) is 22.2. The Morgan fingerprint density at radius 1 is 1.06 bits per heavy atom. The van der Waals surface area contributed by atoms with Gasteiger partial charge in [0.25, 0.3) is 0 Å². The van der Waals surface area contributed by atoms with Crippen molar-refractivity contribution in [3.63, 3.8) is 0 Å². The summed E-state index contributed by atoms with van der Waals surface area (Å²) in [5, 5.41) is 14.9. The Balaban J connectivity index is 1.41. The molecule has 0 fully saturated rings. The van der Waals surface area contributed by atoms with E-state index in [2.05, 4.69) is 5.32 Å². The zero-order valence-corrected chi connectivity index (χ0v) is 17.9. The van der Waals surface area contributed by atoms with E-state index in [1.54, 1.807) is 18.2 Å². The first-order valence-corrected chi connectivity index (χ1v) is 11.0. The first-order valence-electron chi connectivity index (χ1n) is 11.0. The molecule has 2 N–H and O–H groups in total. The van der Waals surface area contributed by atoms with Gasteiger partial charge in [-0.15, -0.1) is 0 Å². The van der Waals surface area contributed by atoms with E-state index < -0.39 is 11.7 Å². The van der Waals surface area contributed by atoms with Crippen LogP contribution >= 0.6 is 0 Å². The average molecular weight is 431 g/mol. The van der Waals surface area contributed by atoms with Crippen LogP contribution in [0.25, 0.3) is 21.9 Å². The summed E-state index contributed by atoms with van der Waals surface area (Å²) in [5.74, 6) is 0.689. The summed E-state index contributed by atoms with van der Waals surface area (Å²) >= 11 is 0. The second kappa shape index (κ2) is 8.28. The molecule has 0 aliphatic heterocycles. The number of aliphatic hydroxyl groups excluding tert-OH is 1. The van der Waals surface area contributed by atoms with Gasteiger partial charge in [-0.1, -0.05) is 30.3 Å². The molecule has 0 unspecified atom stereocenters. The number of fused-ring (bicyclic) bond motifs is 4. The Labute approximate surface area is 184 Å². The topological polar surface area (TPSA) is 92.7 Å². The van der Waals surface area contributed by atoms with Crippen LogP contribution in [0.3, 0.4) is 0 Å². The van der Waals surface area contributed by atoms with Gasteiger partial charge >= 0.3 is 5.63 Å². The molecule has 1 amide bonds. The first-order chi connectivity index (χ1) is 15.5. The molecular weight excluding hydrogens is 406 g/mol. The second-order valence-corrected chi connectivity index (χ2v) is 8.46. The van der Waals surface area contributed by atoms with Crippen molar-refractivity contribution in [2.45, 2.75) is 45.1 Å². The van der Waals surface area contributed by atoms with E-state index in [0.29, 0.717) is 11.1 Å². The average Bonchev–Trinajstić information content (AvgIpc) is 3.17. The predicted molar refractivity (Wildman–Crippen MR) is 122 cm³/mol. The smallest absolute Gasteiger partial charge is 0.340 e. The minimum atomic E-state index is -0.810. The molecule has 1 aliphatic rings. The molecular formula is C26H25NO5. The second-order valence-electron chi connectivity index (χ2n) is 8.46. The summed E-state index contributed by atoms with van der Waals surface area (Å²) in [5.41, 5.74) is 3.73. The summed E-state index contributed by atoms with van der Waals surface area (Å²) in [6.45, 7) is 1.92. The van der Waals surface area contributed by atoms with Gasteiger partial charge in [-0.05, 0) is 43.4 Å². The molecule has 5 rings (SSSR count). The maximum atomic E-state index is 12.7. The summed E-state index contributed by atoms with van der Waals surface area (Å²) in [4.78, 5) is 25.2. The summed E-state index contributed by atoms with van der Waals surface area (Å²) < 4.78 is 11.6. The number of benzene rings is 2. The molecule has 0 saturated heterocycles.